The number of halogens is 2. The molecular weight excluding hydrogens is 322 g/mol. The van der Waals surface area contributed by atoms with Crippen LogP contribution in [0.15, 0.2) is 43.0 Å². The van der Waals surface area contributed by atoms with Crippen molar-refractivity contribution in [3.05, 3.63) is 48.5 Å². The van der Waals surface area contributed by atoms with E-state index in [4.69, 9.17) is 0 Å². The molecule has 6 heteroatoms. The zero-order chi connectivity index (χ0) is 17.6. The predicted molar refractivity (Wildman–Crippen MR) is 94.5 cm³/mol. The lowest BCUT2D eigenvalue weighted by atomic mass is 10.00. The Hall–Kier alpha value is -1.92. The maximum atomic E-state index is 12.4. The number of rotatable bonds is 6. The number of benzene rings is 1. The largest absolute Gasteiger partial charge is 0.307 e. The van der Waals surface area contributed by atoms with E-state index < -0.39 is 6.43 Å². The molecule has 4 nitrogen and oxygen atoms in total. The van der Waals surface area contributed by atoms with Crippen LogP contribution in [-0.2, 0) is 0 Å². The molecule has 1 atom stereocenters. The highest BCUT2D eigenvalue weighted by molar-refractivity contribution is 5.61. The summed E-state index contributed by atoms with van der Waals surface area (Å²) >= 11 is 0. The molecule has 0 radical (unpaired) electrons. The molecule has 1 aromatic carbocycles. The third-order valence-electron chi connectivity index (χ3n) is 4.77. The van der Waals surface area contributed by atoms with Crippen LogP contribution in [0, 0.1) is 0 Å². The molecule has 0 unspecified atom stereocenters. The van der Waals surface area contributed by atoms with Crippen molar-refractivity contribution in [3.63, 3.8) is 0 Å². The van der Waals surface area contributed by atoms with Gasteiger partial charge in [-0.25, -0.2) is 18.7 Å². The highest BCUT2D eigenvalue weighted by atomic mass is 19.3. The van der Waals surface area contributed by atoms with E-state index in [1.165, 1.54) is 11.9 Å². The van der Waals surface area contributed by atoms with Crippen LogP contribution in [0.4, 0.5) is 8.78 Å². The van der Waals surface area contributed by atoms with Gasteiger partial charge in [0.05, 0.1) is 6.54 Å². The minimum Gasteiger partial charge on any atom is -0.307 e. The van der Waals surface area contributed by atoms with Crippen LogP contribution in [0.2, 0.25) is 0 Å². The fourth-order valence-electron chi connectivity index (χ4n) is 3.34. The van der Waals surface area contributed by atoms with Crippen molar-refractivity contribution in [1.29, 1.82) is 0 Å². The quantitative estimate of drug-likeness (QED) is 0.869. The van der Waals surface area contributed by atoms with Crippen molar-refractivity contribution in [2.75, 3.05) is 19.6 Å². The molecule has 1 aliphatic rings. The maximum absolute atomic E-state index is 12.4. The van der Waals surface area contributed by atoms with Gasteiger partial charge in [0, 0.05) is 30.0 Å². The summed E-state index contributed by atoms with van der Waals surface area (Å²) in [5.41, 5.74) is 3.31. The average molecular weight is 346 g/mol. The second kappa shape index (κ2) is 8.45. The Morgan fingerprint density at radius 3 is 2.32 bits per heavy atom. The summed E-state index contributed by atoms with van der Waals surface area (Å²) in [5.74, 6) is 0. The van der Waals surface area contributed by atoms with E-state index in [0.29, 0.717) is 6.04 Å². The number of nitrogens with one attached hydrogen (secondary N) is 1. The standard InChI is InChI=1S/C19H24F2N4/c1-14(24-18-6-8-25(9-7-18)12-19(20)21)15-2-4-16(5-3-15)17-10-22-13-23-11-17/h2-5,10-11,13-14,18-19,24H,6-9,12H2,1H3/t14-/m1/s1. The van der Waals surface area contributed by atoms with E-state index >= 15 is 0 Å². The van der Waals surface area contributed by atoms with Gasteiger partial charge in [-0.15, -0.1) is 0 Å². The van der Waals surface area contributed by atoms with Crippen molar-refractivity contribution >= 4 is 0 Å². The van der Waals surface area contributed by atoms with Gasteiger partial charge in [-0.3, -0.25) is 4.90 Å². The third-order valence-corrected chi connectivity index (χ3v) is 4.77. The minimum atomic E-state index is -2.24. The lowest BCUT2D eigenvalue weighted by molar-refractivity contribution is 0.0722. The highest BCUT2D eigenvalue weighted by Crippen LogP contribution is 2.22. The fourth-order valence-corrected chi connectivity index (χ4v) is 3.34. The van der Waals surface area contributed by atoms with E-state index in [9.17, 15) is 8.78 Å². The summed E-state index contributed by atoms with van der Waals surface area (Å²) in [6.45, 7) is 3.52. The first-order valence-electron chi connectivity index (χ1n) is 8.73. The molecule has 134 valence electrons. The van der Waals surface area contributed by atoms with Crippen molar-refractivity contribution in [2.24, 2.45) is 0 Å². The first-order valence-corrected chi connectivity index (χ1v) is 8.73. The third kappa shape index (κ3) is 5.03. The molecule has 0 spiro atoms. The van der Waals surface area contributed by atoms with Gasteiger partial charge in [-0.2, -0.15) is 0 Å². The lowest BCUT2D eigenvalue weighted by Gasteiger charge is -2.33. The van der Waals surface area contributed by atoms with Gasteiger partial charge < -0.3 is 5.32 Å². The summed E-state index contributed by atoms with van der Waals surface area (Å²) in [4.78, 5) is 9.94. The number of hydrogen-bond donors (Lipinski definition) is 1. The summed E-state index contributed by atoms with van der Waals surface area (Å²) in [5, 5.41) is 3.63. The van der Waals surface area contributed by atoms with E-state index in [-0.39, 0.29) is 12.6 Å². The van der Waals surface area contributed by atoms with Gasteiger partial charge in [-0.05, 0) is 44.0 Å². The second-order valence-electron chi connectivity index (χ2n) is 6.60. The van der Waals surface area contributed by atoms with Gasteiger partial charge in [-0.1, -0.05) is 24.3 Å². The van der Waals surface area contributed by atoms with Crippen molar-refractivity contribution in [2.45, 2.75) is 38.3 Å². The topological polar surface area (TPSA) is 41.0 Å². The van der Waals surface area contributed by atoms with E-state index in [2.05, 4.69) is 46.5 Å². The predicted octanol–water partition coefficient (Wildman–Crippen LogP) is 3.52. The Balaban J connectivity index is 1.53. The molecule has 1 aromatic heterocycles. The molecule has 1 saturated heterocycles. The van der Waals surface area contributed by atoms with E-state index in [1.807, 2.05) is 4.90 Å². The van der Waals surface area contributed by atoms with Crippen LogP contribution in [-0.4, -0.2) is 47.0 Å². The normalized spacial score (nSPS) is 17.8. The Morgan fingerprint density at radius 1 is 1.08 bits per heavy atom. The molecule has 1 aliphatic heterocycles. The number of hydrogen-bond acceptors (Lipinski definition) is 4. The minimum absolute atomic E-state index is 0.104. The molecule has 25 heavy (non-hydrogen) atoms. The Morgan fingerprint density at radius 2 is 1.72 bits per heavy atom. The molecule has 0 aliphatic carbocycles. The monoisotopic (exact) mass is 346 g/mol. The van der Waals surface area contributed by atoms with Crippen LogP contribution in [0.1, 0.15) is 31.4 Å². The summed E-state index contributed by atoms with van der Waals surface area (Å²) < 4.78 is 24.9. The molecule has 0 saturated carbocycles. The molecule has 0 bridgehead atoms. The van der Waals surface area contributed by atoms with Crippen LogP contribution < -0.4 is 5.32 Å². The number of piperidine rings is 1. The van der Waals surface area contributed by atoms with E-state index in [1.54, 1.807) is 12.4 Å². The summed E-state index contributed by atoms with van der Waals surface area (Å²) in [6.07, 6.45) is 4.72. The molecular formula is C19H24F2N4. The first-order chi connectivity index (χ1) is 12.1. The molecule has 1 fully saturated rings. The van der Waals surface area contributed by atoms with Gasteiger partial charge in [0.1, 0.15) is 6.33 Å². The van der Waals surface area contributed by atoms with Crippen LogP contribution >= 0.6 is 0 Å². The summed E-state index contributed by atoms with van der Waals surface area (Å²) in [6, 6.07) is 9.01. The molecule has 2 heterocycles. The lowest BCUT2D eigenvalue weighted by Crippen LogP contribution is -2.44. The Kier molecular flexibility index (Phi) is 6.04. The molecule has 0 amide bonds. The van der Waals surface area contributed by atoms with E-state index in [0.717, 1.165) is 37.1 Å². The molecule has 3 rings (SSSR count). The Labute approximate surface area is 147 Å². The highest BCUT2D eigenvalue weighted by Gasteiger charge is 2.22. The maximum Gasteiger partial charge on any atom is 0.251 e. The van der Waals surface area contributed by atoms with Crippen molar-refractivity contribution in [1.82, 2.24) is 20.2 Å². The van der Waals surface area contributed by atoms with Gasteiger partial charge >= 0.3 is 0 Å². The number of nitrogens with zero attached hydrogens (tertiary/aromatic N) is 3. The fraction of sp³-hybridized carbons (Fsp3) is 0.474. The van der Waals surface area contributed by atoms with Crippen molar-refractivity contribution < 1.29 is 8.78 Å². The van der Waals surface area contributed by atoms with Gasteiger partial charge in [0.15, 0.2) is 0 Å². The van der Waals surface area contributed by atoms with Crippen LogP contribution in [0.25, 0.3) is 11.1 Å². The second-order valence-corrected chi connectivity index (χ2v) is 6.60. The number of likely N-dealkylation sites (tertiary alicyclic amines) is 1. The smallest absolute Gasteiger partial charge is 0.251 e. The van der Waals surface area contributed by atoms with Crippen LogP contribution in [0.5, 0.6) is 0 Å². The van der Waals surface area contributed by atoms with Crippen molar-refractivity contribution in [3.8, 4) is 11.1 Å². The SMILES string of the molecule is C[C@@H](NC1CCN(CC(F)F)CC1)c1ccc(-c2cncnc2)cc1. The summed E-state index contributed by atoms with van der Waals surface area (Å²) in [7, 11) is 0. The Bertz CT molecular complexity index is 640. The van der Waals surface area contributed by atoms with Gasteiger partial charge in [0.25, 0.3) is 6.43 Å². The van der Waals surface area contributed by atoms with Gasteiger partial charge in [0.2, 0.25) is 0 Å². The average Bonchev–Trinajstić information content (AvgIpc) is 2.64. The first kappa shape index (κ1) is 17.9. The zero-order valence-corrected chi connectivity index (χ0v) is 14.4. The molecule has 1 N–H and O–H groups in total. The zero-order valence-electron chi connectivity index (χ0n) is 14.4. The number of aromatic nitrogens is 2. The van der Waals surface area contributed by atoms with Crippen LogP contribution in [0.3, 0.4) is 0 Å². The number of alkyl halides is 2. The molecule has 2 aromatic rings.